The minimum absolute atomic E-state index is 0.0429. The van der Waals surface area contributed by atoms with Crippen molar-refractivity contribution in [2.45, 2.75) is 50.8 Å². The second-order valence-electron chi connectivity index (χ2n) is 6.59. The molecule has 1 aliphatic rings. The number of halogens is 1. The second kappa shape index (κ2) is 6.18. The van der Waals surface area contributed by atoms with E-state index in [1.165, 1.54) is 4.90 Å². The lowest BCUT2D eigenvalue weighted by atomic mass is 9.86. The molecule has 3 nitrogen and oxygen atoms in total. The van der Waals surface area contributed by atoms with Gasteiger partial charge >= 0.3 is 0 Å². The number of amides is 2. The number of hydrogen-bond acceptors (Lipinski definition) is 2. The molecule has 0 radical (unpaired) electrons. The van der Waals surface area contributed by atoms with Crippen LogP contribution in [0, 0.1) is 0 Å². The highest BCUT2D eigenvalue weighted by Gasteiger charge is 2.30. The average Bonchev–Trinajstić information content (AvgIpc) is 2.60. The van der Waals surface area contributed by atoms with Crippen LogP contribution in [0.3, 0.4) is 0 Å². The van der Waals surface area contributed by atoms with Crippen LogP contribution in [0.2, 0.25) is 0 Å². The van der Waals surface area contributed by atoms with Crippen molar-refractivity contribution in [1.29, 1.82) is 0 Å². The van der Waals surface area contributed by atoms with Gasteiger partial charge in [0.1, 0.15) is 5.38 Å². The molecule has 1 unspecified atom stereocenters. The van der Waals surface area contributed by atoms with E-state index in [2.05, 4.69) is 20.8 Å². The molecule has 0 spiro atoms. The Morgan fingerprint density at radius 2 is 1.81 bits per heavy atom. The first-order valence-corrected chi connectivity index (χ1v) is 7.84. The van der Waals surface area contributed by atoms with Crippen LogP contribution in [0.15, 0.2) is 24.3 Å². The molecule has 21 heavy (non-hydrogen) atoms. The molecule has 0 aromatic heterocycles. The number of likely N-dealkylation sites (tertiary alicyclic amines) is 1. The van der Waals surface area contributed by atoms with E-state index in [1.807, 2.05) is 12.1 Å². The maximum Gasteiger partial charge on any atom is 0.260 e. The minimum atomic E-state index is -0.578. The first kappa shape index (κ1) is 16.0. The number of hydrogen-bond donors (Lipinski definition) is 0. The summed E-state index contributed by atoms with van der Waals surface area (Å²) < 4.78 is 0. The monoisotopic (exact) mass is 307 g/mol. The van der Waals surface area contributed by atoms with Gasteiger partial charge in [-0.2, -0.15) is 0 Å². The molecule has 2 rings (SSSR count). The van der Waals surface area contributed by atoms with Gasteiger partial charge in [-0.1, -0.05) is 32.9 Å². The summed E-state index contributed by atoms with van der Waals surface area (Å²) in [6, 6.07) is 7.50. The van der Waals surface area contributed by atoms with Gasteiger partial charge in [0.25, 0.3) is 5.91 Å². The van der Waals surface area contributed by atoms with Crippen molar-refractivity contribution in [3.63, 3.8) is 0 Å². The van der Waals surface area contributed by atoms with Gasteiger partial charge < -0.3 is 0 Å². The molecule has 114 valence electrons. The van der Waals surface area contributed by atoms with Crippen LogP contribution in [0.5, 0.6) is 0 Å². The number of rotatable bonds is 1. The topological polar surface area (TPSA) is 37.4 Å². The lowest BCUT2D eigenvalue weighted by molar-refractivity contribution is -0.127. The number of carbonyl (C=O) groups excluding carboxylic acids is 2. The smallest absolute Gasteiger partial charge is 0.260 e. The van der Waals surface area contributed by atoms with Gasteiger partial charge in [0.05, 0.1) is 0 Å². The van der Waals surface area contributed by atoms with Crippen molar-refractivity contribution in [2.75, 3.05) is 6.54 Å². The molecule has 1 fully saturated rings. The molecular formula is C17H22ClNO2. The lowest BCUT2D eigenvalue weighted by Crippen LogP contribution is -2.40. The molecule has 1 aromatic rings. The molecule has 1 aliphatic heterocycles. The van der Waals surface area contributed by atoms with Crippen molar-refractivity contribution < 1.29 is 9.59 Å². The fourth-order valence-corrected chi connectivity index (χ4v) is 2.74. The van der Waals surface area contributed by atoms with Crippen LogP contribution in [0.25, 0.3) is 0 Å². The summed E-state index contributed by atoms with van der Waals surface area (Å²) in [6.45, 7) is 6.84. The zero-order valence-electron chi connectivity index (χ0n) is 12.9. The third-order valence-electron chi connectivity index (χ3n) is 3.87. The van der Waals surface area contributed by atoms with Crippen LogP contribution < -0.4 is 0 Å². The van der Waals surface area contributed by atoms with E-state index in [0.717, 1.165) is 18.4 Å². The second-order valence-corrected chi connectivity index (χ2v) is 7.11. The van der Waals surface area contributed by atoms with E-state index in [1.54, 1.807) is 12.1 Å². The maximum absolute atomic E-state index is 12.5. The zero-order chi connectivity index (χ0) is 15.6. The summed E-state index contributed by atoms with van der Waals surface area (Å²) in [5, 5.41) is -0.578. The third-order valence-corrected chi connectivity index (χ3v) is 4.27. The first-order chi connectivity index (χ1) is 9.80. The normalized spacial score (nSPS) is 20.3. The molecule has 0 aliphatic carbocycles. The van der Waals surface area contributed by atoms with Crippen LogP contribution in [0.4, 0.5) is 0 Å². The molecule has 1 atom stereocenters. The Labute approximate surface area is 131 Å². The summed E-state index contributed by atoms with van der Waals surface area (Å²) >= 11 is 6.04. The number of benzene rings is 1. The Bertz CT molecular complexity index is 531. The Morgan fingerprint density at radius 1 is 1.19 bits per heavy atom. The van der Waals surface area contributed by atoms with Gasteiger partial charge in [-0.15, -0.1) is 11.6 Å². The van der Waals surface area contributed by atoms with E-state index in [-0.39, 0.29) is 17.2 Å². The molecule has 1 saturated heterocycles. The molecule has 0 bridgehead atoms. The fraction of sp³-hybridized carbons (Fsp3) is 0.529. The number of carbonyl (C=O) groups is 2. The van der Waals surface area contributed by atoms with Crippen molar-refractivity contribution in [1.82, 2.24) is 4.90 Å². The highest BCUT2D eigenvalue weighted by molar-refractivity contribution is 6.32. The Balaban J connectivity index is 2.21. The van der Waals surface area contributed by atoms with E-state index in [4.69, 9.17) is 11.6 Å². The van der Waals surface area contributed by atoms with Crippen molar-refractivity contribution >= 4 is 23.4 Å². The summed E-state index contributed by atoms with van der Waals surface area (Å²) in [5.74, 6) is -0.507. The quantitative estimate of drug-likeness (QED) is 0.585. The van der Waals surface area contributed by atoms with E-state index >= 15 is 0 Å². The predicted octanol–water partition coefficient (Wildman–Crippen LogP) is 3.74. The van der Waals surface area contributed by atoms with Gasteiger partial charge in [-0.3, -0.25) is 14.5 Å². The summed E-state index contributed by atoms with van der Waals surface area (Å²) in [7, 11) is 0. The van der Waals surface area contributed by atoms with Gasteiger partial charge in [0.2, 0.25) is 5.91 Å². The highest BCUT2D eigenvalue weighted by atomic mass is 35.5. The number of imide groups is 1. The van der Waals surface area contributed by atoms with E-state index < -0.39 is 5.38 Å². The predicted molar refractivity (Wildman–Crippen MR) is 84.7 cm³/mol. The Morgan fingerprint density at radius 3 is 2.38 bits per heavy atom. The van der Waals surface area contributed by atoms with Gasteiger partial charge in [-0.05, 0) is 42.4 Å². The Kier molecular flexibility index (Phi) is 4.72. The third kappa shape index (κ3) is 3.65. The van der Waals surface area contributed by atoms with Crippen LogP contribution in [0.1, 0.15) is 56.0 Å². The van der Waals surface area contributed by atoms with E-state index in [0.29, 0.717) is 18.5 Å². The lowest BCUT2D eigenvalue weighted by Gasteiger charge is -2.22. The molecule has 1 aromatic carbocycles. The van der Waals surface area contributed by atoms with Crippen molar-refractivity contribution in [3.05, 3.63) is 35.4 Å². The van der Waals surface area contributed by atoms with Crippen LogP contribution in [-0.4, -0.2) is 28.6 Å². The van der Waals surface area contributed by atoms with Crippen LogP contribution >= 0.6 is 11.6 Å². The number of nitrogens with zero attached hydrogens (tertiary/aromatic N) is 1. The SMILES string of the molecule is CC(C)(C)c1ccc(C(=O)N2CCCCC(Cl)C2=O)cc1. The van der Waals surface area contributed by atoms with E-state index in [9.17, 15) is 9.59 Å². The molecule has 1 heterocycles. The van der Waals surface area contributed by atoms with Gasteiger partial charge in [0.15, 0.2) is 0 Å². The minimum Gasteiger partial charge on any atom is -0.277 e. The zero-order valence-corrected chi connectivity index (χ0v) is 13.6. The van der Waals surface area contributed by atoms with Crippen molar-refractivity contribution in [3.8, 4) is 0 Å². The Hall–Kier alpha value is -1.35. The first-order valence-electron chi connectivity index (χ1n) is 7.41. The number of alkyl halides is 1. The average molecular weight is 308 g/mol. The summed E-state index contributed by atoms with van der Waals surface area (Å²) in [6.07, 6.45) is 2.35. The van der Waals surface area contributed by atoms with Gasteiger partial charge in [0, 0.05) is 12.1 Å². The standard InChI is InChI=1S/C17H22ClNO2/c1-17(2,3)13-9-7-12(8-10-13)15(20)19-11-5-4-6-14(18)16(19)21/h7-10,14H,4-6,11H2,1-3H3. The summed E-state index contributed by atoms with van der Waals surface area (Å²) in [4.78, 5) is 26.0. The van der Waals surface area contributed by atoms with Gasteiger partial charge in [-0.25, -0.2) is 0 Å². The largest absolute Gasteiger partial charge is 0.277 e. The molecule has 0 N–H and O–H groups in total. The molecule has 0 saturated carbocycles. The molecule has 4 heteroatoms. The maximum atomic E-state index is 12.5. The molecular weight excluding hydrogens is 286 g/mol. The fourth-order valence-electron chi connectivity index (χ4n) is 2.47. The summed E-state index contributed by atoms with van der Waals surface area (Å²) in [5.41, 5.74) is 1.75. The highest BCUT2D eigenvalue weighted by Crippen LogP contribution is 2.23. The van der Waals surface area contributed by atoms with Crippen LogP contribution in [-0.2, 0) is 10.2 Å². The molecule has 2 amide bonds. The van der Waals surface area contributed by atoms with Crippen molar-refractivity contribution in [2.24, 2.45) is 0 Å².